The average Bonchev–Trinajstić information content (AvgIpc) is 2.12. The number of rotatable bonds is 3. The predicted octanol–water partition coefficient (Wildman–Crippen LogP) is 2.29. The van der Waals surface area contributed by atoms with Crippen LogP contribution in [0.3, 0.4) is 0 Å². The highest BCUT2D eigenvalue weighted by atomic mass is 32.2. The van der Waals surface area contributed by atoms with Crippen molar-refractivity contribution in [1.29, 1.82) is 0 Å². The summed E-state index contributed by atoms with van der Waals surface area (Å²) >= 11 is 2.09. The number of ether oxygens (including phenoxy) is 1. The molecule has 2 nitrogen and oxygen atoms in total. The molecule has 1 aliphatic carbocycles. The maximum absolute atomic E-state index is 5.31. The quantitative estimate of drug-likeness (QED) is 0.802. The van der Waals surface area contributed by atoms with E-state index in [0.717, 1.165) is 0 Å². The Balaban J connectivity index is 1.78. The van der Waals surface area contributed by atoms with Crippen molar-refractivity contribution < 1.29 is 4.74 Å². The Morgan fingerprint density at radius 1 is 1.33 bits per heavy atom. The zero-order chi connectivity index (χ0) is 10.9. The molecular weight excluding hydrogens is 206 g/mol. The molecule has 0 amide bonds. The Kier molecular flexibility index (Phi) is 3.63. The normalized spacial score (nSPS) is 39.8. The van der Waals surface area contributed by atoms with Gasteiger partial charge in [0.15, 0.2) is 0 Å². The van der Waals surface area contributed by atoms with Crippen molar-refractivity contribution in [2.24, 2.45) is 5.41 Å². The second-order valence-electron chi connectivity index (χ2n) is 5.56. The molecule has 1 saturated carbocycles. The molecule has 0 aromatic rings. The fourth-order valence-electron chi connectivity index (χ4n) is 2.39. The molecule has 0 spiro atoms. The van der Waals surface area contributed by atoms with Crippen molar-refractivity contribution in [1.82, 2.24) is 5.32 Å². The first kappa shape index (κ1) is 11.7. The Labute approximate surface area is 97.5 Å². The van der Waals surface area contributed by atoms with Gasteiger partial charge in [-0.25, -0.2) is 0 Å². The first-order valence-corrected chi connectivity index (χ1v) is 7.14. The van der Waals surface area contributed by atoms with E-state index in [-0.39, 0.29) is 0 Å². The third kappa shape index (κ3) is 2.69. The summed E-state index contributed by atoms with van der Waals surface area (Å²) in [5.74, 6) is 2.61. The summed E-state index contributed by atoms with van der Waals surface area (Å²) in [6.45, 7) is 4.80. The summed E-state index contributed by atoms with van der Waals surface area (Å²) < 4.78 is 5.31. The van der Waals surface area contributed by atoms with Gasteiger partial charge in [0.2, 0.25) is 0 Å². The van der Waals surface area contributed by atoms with E-state index in [9.17, 15) is 0 Å². The van der Waals surface area contributed by atoms with Crippen LogP contribution in [0.4, 0.5) is 0 Å². The van der Waals surface area contributed by atoms with E-state index >= 15 is 0 Å². The van der Waals surface area contributed by atoms with Crippen LogP contribution in [0.15, 0.2) is 0 Å². The molecule has 0 radical (unpaired) electrons. The summed E-state index contributed by atoms with van der Waals surface area (Å²) in [5.41, 5.74) is 0.476. The molecule has 1 atom stereocenters. The van der Waals surface area contributed by atoms with E-state index in [1.54, 1.807) is 0 Å². The molecular formula is C12H23NOS. The molecule has 2 fully saturated rings. The molecule has 88 valence electrons. The van der Waals surface area contributed by atoms with Crippen LogP contribution in [0, 0.1) is 5.41 Å². The summed E-state index contributed by atoms with van der Waals surface area (Å²) in [4.78, 5) is 0. The van der Waals surface area contributed by atoms with Crippen LogP contribution in [0.25, 0.3) is 0 Å². The summed E-state index contributed by atoms with van der Waals surface area (Å²) in [5, 5.41) is 3.81. The highest BCUT2D eigenvalue weighted by Gasteiger charge is 2.37. The molecule has 15 heavy (non-hydrogen) atoms. The standard InChI is InChI=1S/C12H23NOS/c1-12(2)4-5-15-8-11(12)13-9-6-10(7-9)14-3/h9-11,13H,4-8H2,1-3H3. The molecule has 2 aliphatic rings. The van der Waals surface area contributed by atoms with Crippen LogP contribution in [-0.4, -0.2) is 36.8 Å². The van der Waals surface area contributed by atoms with E-state index in [1.165, 1.54) is 30.8 Å². The number of hydrogen-bond donors (Lipinski definition) is 1. The van der Waals surface area contributed by atoms with Gasteiger partial charge >= 0.3 is 0 Å². The summed E-state index contributed by atoms with van der Waals surface area (Å²) in [6, 6.07) is 1.40. The van der Waals surface area contributed by atoms with Gasteiger partial charge in [-0.15, -0.1) is 0 Å². The maximum atomic E-state index is 5.31. The average molecular weight is 229 g/mol. The predicted molar refractivity (Wildman–Crippen MR) is 66.5 cm³/mol. The minimum atomic E-state index is 0.476. The van der Waals surface area contributed by atoms with Crippen LogP contribution in [0.5, 0.6) is 0 Å². The van der Waals surface area contributed by atoms with Gasteiger partial charge in [0.25, 0.3) is 0 Å². The lowest BCUT2D eigenvalue weighted by atomic mass is 9.80. The van der Waals surface area contributed by atoms with Gasteiger partial charge in [0.1, 0.15) is 0 Å². The van der Waals surface area contributed by atoms with Crippen molar-refractivity contribution in [3.05, 3.63) is 0 Å². The molecule has 1 aliphatic heterocycles. The molecule has 3 heteroatoms. The highest BCUT2D eigenvalue weighted by molar-refractivity contribution is 7.99. The smallest absolute Gasteiger partial charge is 0.0601 e. The second kappa shape index (κ2) is 4.64. The van der Waals surface area contributed by atoms with Crippen LogP contribution in [-0.2, 0) is 4.74 Å². The molecule has 0 aromatic carbocycles. The second-order valence-corrected chi connectivity index (χ2v) is 6.71. The minimum absolute atomic E-state index is 0.476. The monoisotopic (exact) mass is 229 g/mol. The Morgan fingerprint density at radius 2 is 2.07 bits per heavy atom. The molecule has 1 saturated heterocycles. The molecule has 1 N–H and O–H groups in total. The van der Waals surface area contributed by atoms with Crippen molar-refractivity contribution in [2.75, 3.05) is 18.6 Å². The van der Waals surface area contributed by atoms with Gasteiger partial charge in [-0.05, 0) is 30.4 Å². The fraction of sp³-hybridized carbons (Fsp3) is 1.00. The molecule has 1 heterocycles. The van der Waals surface area contributed by atoms with Crippen LogP contribution in [0.1, 0.15) is 33.1 Å². The number of thioether (sulfide) groups is 1. The van der Waals surface area contributed by atoms with Crippen LogP contribution >= 0.6 is 11.8 Å². The van der Waals surface area contributed by atoms with Gasteiger partial charge in [0.05, 0.1) is 6.10 Å². The molecule has 0 bridgehead atoms. The van der Waals surface area contributed by atoms with Crippen molar-refractivity contribution >= 4 is 11.8 Å². The van der Waals surface area contributed by atoms with Gasteiger partial charge < -0.3 is 10.1 Å². The first-order valence-electron chi connectivity index (χ1n) is 5.98. The van der Waals surface area contributed by atoms with E-state index in [2.05, 4.69) is 30.9 Å². The van der Waals surface area contributed by atoms with Crippen molar-refractivity contribution in [3.63, 3.8) is 0 Å². The third-order valence-electron chi connectivity index (χ3n) is 3.98. The first-order chi connectivity index (χ1) is 7.12. The van der Waals surface area contributed by atoms with Gasteiger partial charge in [-0.3, -0.25) is 0 Å². The Morgan fingerprint density at radius 3 is 2.67 bits per heavy atom. The lowest BCUT2D eigenvalue weighted by Gasteiger charge is -2.44. The SMILES string of the molecule is COC1CC(NC2CSCCC2(C)C)C1. The maximum Gasteiger partial charge on any atom is 0.0601 e. The molecule has 2 rings (SSSR count). The van der Waals surface area contributed by atoms with Crippen molar-refractivity contribution in [2.45, 2.75) is 51.3 Å². The largest absolute Gasteiger partial charge is 0.381 e. The van der Waals surface area contributed by atoms with Gasteiger partial charge in [0, 0.05) is 24.9 Å². The molecule has 1 unspecified atom stereocenters. The lowest BCUT2D eigenvalue weighted by molar-refractivity contribution is 0.00950. The van der Waals surface area contributed by atoms with Gasteiger partial charge in [-0.1, -0.05) is 13.8 Å². The zero-order valence-corrected chi connectivity index (χ0v) is 10.9. The molecule has 0 aromatic heterocycles. The number of nitrogens with one attached hydrogen (secondary N) is 1. The lowest BCUT2D eigenvalue weighted by Crippen LogP contribution is -2.55. The fourth-order valence-corrected chi connectivity index (χ4v) is 4.01. The topological polar surface area (TPSA) is 21.3 Å². The number of methoxy groups -OCH3 is 1. The van der Waals surface area contributed by atoms with Crippen LogP contribution < -0.4 is 5.32 Å². The summed E-state index contributed by atoms with van der Waals surface area (Å²) in [6.07, 6.45) is 4.26. The minimum Gasteiger partial charge on any atom is -0.381 e. The van der Waals surface area contributed by atoms with E-state index in [4.69, 9.17) is 4.74 Å². The number of hydrogen-bond acceptors (Lipinski definition) is 3. The van der Waals surface area contributed by atoms with E-state index in [0.29, 0.717) is 23.6 Å². The van der Waals surface area contributed by atoms with Gasteiger partial charge in [-0.2, -0.15) is 11.8 Å². The van der Waals surface area contributed by atoms with Crippen molar-refractivity contribution in [3.8, 4) is 0 Å². The highest BCUT2D eigenvalue weighted by Crippen LogP contribution is 2.36. The van der Waals surface area contributed by atoms with E-state index in [1.807, 2.05) is 7.11 Å². The third-order valence-corrected chi connectivity index (χ3v) is 5.05. The zero-order valence-electron chi connectivity index (χ0n) is 10.1. The Hall–Kier alpha value is 0.270. The summed E-state index contributed by atoms with van der Waals surface area (Å²) in [7, 11) is 1.82. The van der Waals surface area contributed by atoms with E-state index < -0.39 is 0 Å². The Bertz CT molecular complexity index is 214. The van der Waals surface area contributed by atoms with Crippen LogP contribution in [0.2, 0.25) is 0 Å².